The number of carbonyl (C=O) groups is 1. The van der Waals surface area contributed by atoms with E-state index in [1.807, 2.05) is 0 Å². The maximum atomic E-state index is 14.1. The zero-order valence-electron chi connectivity index (χ0n) is 12.1. The fourth-order valence-electron chi connectivity index (χ4n) is 2.76. The minimum absolute atomic E-state index is 0.0900. The van der Waals surface area contributed by atoms with Crippen molar-refractivity contribution in [1.29, 1.82) is 0 Å². The van der Waals surface area contributed by atoms with Crippen LogP contribution in [0.5, 0.6) is 0 Å². The maximum absolute atomic E-state index is 14.1. The lowest BCUT2D eigenvalue weighted by Gasteiger charge is -2.36. The molecule has 2 aromatic rings. The molecule has 0 aromatic carbocycles. The minimum atomic E-state index is -1.20. The average Bonchev–Trinajstić information content (AvgIpc) is 2.49. The van der Waals surface area contributed by atoms with Gasteiger partial charge in [0.25, 0.3) is 0 Å². The molecule has 2 atom stereocenters. The molecule has 1 fully saturated rings. The second-order valence-electron chi connectivity index (χ2n) is 5.38. The van der Waals surface area contributed by atoms with E-state index in [9.17, 15) is 14.3 Å². The van der Waals surface area contributed by atoms with E-state index in [0.29, 0.717) is 0 Å². The normalized spacial score (nSPS) is 21.1. The lowest BCUT2D eigenvalue weighted by Crippen LogP contribution is -2.52. The van der Waals surface area contributed by atoms with Crippen LogP contribution >= 0.6 is 23.2 Å². The predicted octanol–water partition coefficient (Wildman–Crippen LogP) is 1.68. The van der Waals surface area contributed by atoms with Crippen molar-refractivity contribution in [3.05, 3.63) is 22.5 Å². The highest BCUT2D eigenvalue weighted by molar-refractivity contribution is 6.30. The van der Waals surface area contributed by atoms with Crippen LogP contribution in [0, 0.1) is 5.82 Å². The Kier molecular flexibility index (Phi) is 4.57. The molecule has 1 unspecified atom stereocenters. The Morgan fingerprint density at radius 2 is 2.12 bits per heavy atom. The van der Waals surface area contributed by atoms with E-state index in [1.165, 1.54) is 6.20 Å². The summed E-state index contributed by atoms with van der Waals surface area (Å²) in [7, 11) is 0. The van der Waals surface area contributed by atoms with Crippen molar-refractivity contribution >= 4 is 46.0 Å². The van der Waals surface area contributed by atoms with E-state index >= 15 is 0 Å². The molecule has 3 N–H and O–H groups in total. The Morgan fingerprint density at radius 3 is 2.83 bits per heavy atom. The molecular formula is C13H12Cl2FN5O3. The molecule has 128 valence electrons. The summed E-state index contributed by atoms with van der Waals surface area (Å²) in [6.45, 7) is 0.417. The number of β-amino-alcohol motifs (C(OH)–C–C–N with tert-alkyl or cyclic N) is 1. The van der Waals surface area contributed by atoms with Gasteiger partial charge >= 0.3 is 6.09 Å². The number of nitrogens with zero attached hydrogens (tertiary/aromatic N) is 4. The van der Waals surface area contributed by atoms with Crippen molar-refractivity contribution in [1.82, 2.24) is 20.3 Å². The zero-order chi connectivity index (χ0) is 17.4. The summed E-state index contributed by atoms with van der Waals surface area (Å²) < 4.78 is 14.1. The molecule has 0 aliphatic carbocycles. The zero-order valence-corrected chi connectivity index (χ0v) is 13.6. The first-order valence-corrected chi connectivity index (χ1v) is 7.70. The molecule has 1 saturated heterocycles. The monoisotopic (exact) mass is 375 g/mol. The van der Waals surface area contributed by atoms with Crippen LogP contribution in [0.2, 0.25) is 10.4 Å². The molecule has 1 aliphatic rings. The Morgan fingerprint density at radius 1 is 1.38 bits per heavy atom. The molecule has 0 radical (unpaired) electrons. The summed E-state index contributed by atoms with van der Waals surface area (Å²) in [6, 6.07) is -0.514. The standard InChI is InChI=1S/C13H12Cl2FN5O3/c14-10-8(16)9-7(2-17-10)11(20-12(15)19-9)21-3-5(18-13(23)24)1-6(22)4-21/h2,5-6,18,22H,1,3-4H2,(H,23,24)/t5-,6?/m1/s1. The van der Waals surface area contributed by atoms with Crippen molar-refractivity contribution in [3.63, 3.8) is 0 Å². The lowest BCUT2D eigenvalue weighted by molar-refractivity contribution is 0.132. The minimum Gasteiger partial charge on any atom is -0.465 e. The van der Waals surface area contributed by atoms with Crippen LogP contribution in [0.4, 0.5) is 15.0 Å². The summed E-state index contributed by atoms with van der Waals surface area (Å²) in [5, 5.41) is 20.9. The van der Waals surface area contributed by atoms with Gasteiger partial charge < -0.3 is 20.4 Å². The first-order chi connectivity index (χ1) is 11.3. The van der Waals surface area contributed by atoms with E-state index < -0.39 is 24.1 Å². The molecule has 1 aliphatic heterocycles. The molecule has 11 heteroatoms. The molecule has 3 heterocycles. The van der Waals surface area contributed by atoms with Gasteiger partial charge in [-0.3, -0.25) is 0 Å². The molecule has 1 amide bonds. The smallest absolute Gasteiger partial charge is 0.404 e. The van der Waals surface area contributed by atoms with Gasteiger partial charge in [0.05, 0.1) is 17.5 Å². The summed E-state index contributed by atoms with van der Waals surface area (Å²) in [4.78, 5) is 24.1. The third-order valence-electron chi connectivity index (χ3n) is 3.65. The predicted molar refractivity (Wildman–Crippen MR) is 85.1 cm³/mol. The van der Waals surface area contributed by atoms with Crippen LogP contribution in [0.3, 0.4) is 0 Å². The fraction of sp³-hybridized carbons (Fsp3) is 0.385. The molecule has 0 spiro atoms. The Balaban J connectivity index is 2.04. The van der Waals surface area contributed by atoms with Crippen LogP contribution in [0.1, 0.15) is 6.42 Å². The second-order valence-corrected chi connectivity index (χ2v) is 6.08. The van der Waals surface area contributed by atoms with Crippen molar-refractivity contribution in [2.45, 2.75) is 18.6 Å². The number of halogens is 3. The van der Waals surface area contributed by atoms with Gasteiger partial charge in [-0.2, -0.15) is 4.98 Å². The third-order valence-corrected chi connectivity index (χ3v) is 4.08. The Labute approximate surface area is 145 Å². The number of aromatic nitrogens is 3. The summed E-state index contributed by atoms with van der Waals surface area (Å²) >= 11 is 11.5. The SMILES string of the molecule is O=C(O)N[C@@H]1CC(O)CN(c2nc(Cl)nc3c(F)c(Cl)ncc23)C1. The number of rotatable bonds is 2. The molecule has 8 nitrogen and oxygen atoms in total. The fourth-order valence-corrected chi connectivity index (χ4v) is 3.06. The highest BCUT2D eigenvalue weighted by Crippen LogP contribution is 2.30. The number of anilines is 1. The van der Waals surface area contributed by atoms with Crippen molar-refractivity contribution in [2.75, 3.05) is 18.0 Å². The second kappa shape index (κ2) is 6.50. The molecule has 3 rings (SSSR count). The number of amides is 1. The largest absolute Gasteiger partial charge is 0.465 e. The third kappa shape index (κ3) is 3.28. The van der Waals surface area contributed by atoms with Gasteiger partial charge in [-0.05, 0) is 18.0 Å². The first kappa shape index (κ1) is 16.9. The average molecular weight is 376 g/mol. The molecule has 24 heavy (non-hydrogen) atoms. The van der Waals surface area contributed by atoms with Crippen LogP contribution in [0.15, 0.2) is 6.20 Å². The molecule has 0 bridgehead atoms. The number of aliphatic hydroxyl groups excluding tert-OH is 1. The van der Waals surface area contributed by atoms with Gasteiger partial charge in [0.2, 0.25) is 5.28 Å². The van der Waals surface area contributed by atoms with E-state index in [4.69, 9.17) is 28.3 Å². The number of piperidine rings is 1. The van der Waals surface area contributed by atoms with E-state index in [0.717, 1.165) is 0 Å². The van der Waals surface area contributed by atoms with Crippen LogP contribution in [0.25, 0.3) is 10.9 Å². The number of pyridine rings is 1. The number of aliphatic hydroxyl groups is 1. The molecule has 0 saturated carbocycles. The van der Waals surface area contributed by atoms with Gasteiger partial charge in [-0.25, -0.2) is 19.2 Å². The van der Waals surface area contributed by atoms with Gasteiger partial charge in [-0.1, -0.05) is 11.6 Å². The quantitative estimate of drug-likeness (QED) is 0.540. The number of hydrogen-bond donors (Lipinski definition) is 3. The van der Waals surface area contributed by atoms with E-state index in [-0.39, 0.29) is 46.7 Å². The topological polar surface area (TPSA) is 111 Å². The number of fused-ring (bicyclic) bond motifs is 1. The van der Waals surface area contributed by atoms with Crippen LogP contribution in [-0.2, 0) is 0 Å². The number of carboxylic acid groups (broad SMARTS) is 1. The Hall–Kier alpha value is -1.97. The highest BCUT2D eigenvalue weighted by Gasteiger charge is 2.29. The van der Waals surface area contributed by atoms with Gasteiger partial charge in [0, 0.05) is 19.3 Å². The van der Waals surface area contributed by atoms with Crippen molar-refractivity contribution < 1.29 is 19.4 Å². The van der Waals surface area contributed by atoms with Gasteiger partial charge in [0.1, 0.15) is 11.3 Å². The van der Waals surface area contributed by atoms with Gasteiger partial charge in [-0.15, -0.1) is 0 Å². The van der Waals surface area contributed by atoms with Crippen molar-refractivity contribution in [2.24, 2.45) is 0 Å². The van der Waals surface area contributed by atoms with Crippen molar-refractivity contribution in [3.8, 4) is 0 Å². The molecular weight excluding hydrogens is 364 g/mol. The summed E-state index contributed by atoms with van der Waals surface area (Å²) in [5.74, 6) is -0.568. The van der Waals surface area contributed by atoms with E-state index in [2.05, 4.69) is 20.3 Å². The van der Waals surface area contributed by atoms with E-state index in [1.54, 1.807) is 4.90 Å². The van der Waals surface area contributed by atoms with Crippen LogP contribution in [-0.4, -0.2) is 56.5 Å². The number of hydrogen-bond acceptors (Lipinski definition) is 6. The number of nitrogens with one attached hydrogen (secondary N) is 1. The maximum Gasteiger partial charge on any atom is 0.404 e. The summed E-state index contributed by atoms with van der Waals surface area (Å²) in [5.41, 5.74) is -0.0900. The highest BCUT2D eigenvalue weighted by atomic mass is 35.5. The van der Waals surface area contributed by atoms with Crippen LogP contribution < -0.4 is 10.2 Å². The summed E-state index contributed by atoms with van der Waals surface area (Å²) in [6.07, 6.45) is -0.408. The molecule has 2 aromatic heterocycles. The lowest BCUT2D eigenvalue weighted by atomic mass is 10.0. The van der Waals surface area contributed by atoms with Gasteiger partial charge in [0.15, 0.2) is 11.0 Å². The first-order valence-electron chi connectivity index (χ1n) is 6.95. The Bertz CT molecular complexity index is 809.